The summed E-state index contributed by atoms with van der Waals surface area (Å²) in [5.41, 5.74) is 5.00. The van der Waals surface area contributed by atoms with Gasteiger partial charge in [-0.05, 0) is 27.7 Å². The molecule has 3 N–H and O–H groups in total. The maximum atomic E-state index is 11.8. The molecule has 1 amide bonds. The predicted molar refractivity (Wildman–Crippen MR) is 62.7 cm³/mol. The zero-order valence-electron chi connectivity index (χ0n) is 10.4. The molecule has 92 valence electrons. The van der Waals surface area contributed by atoms with Crippen molar-refractivity contribution >= 4 is 12.3 Å². The van der Waals surface area contributed by atoms with Gasteiger partial charge in [0.1, 0.15) is 5.60 Å². The zero-order chi connectivity index (χ0) is 12.6. The van der Waals surface area contributed by atoms with Crippen LogP contribution in [-0.4, -0.2) is 41.4 Å². The summed E-state index contributed by atoms with van der Waals surface area (Å²) in [5, 5.41) is 7.28. The Labute approximate surface area is 96.4 Å². The van der Waals surface area contributed by atoms with Crippen LogP contribution in [0.2, 0.25) is 0 Å². The molecule has 2 atom stereocenters. The van der Waals surface area contributed by atoms with Crippen LogP contribution in [0.1, 0.15) is 27.7 Å². The van der Waals surface area contributed by atoms with Gasteiger partial charge in [-0.25, -0.2) is 4.79 Å². The Morgan fingerprint density at radius 3 is 2.56 bits per heavy atom. The summed E-state index contributed by atoms with van der Waals surface area (Å²) in [4.78, 5) is 13.4. The fraction of sp³-hybridized carbons (Fsp3) is 0.818. The third-order valence-corrected chi connectivity index (χ3v) is 2.65. The van der Waals surface area contributed by atoms with Crippen molar-refractivity contribution in [2.24, 2.45) is 11.7 Å². The SMILES string of the molecule is CC(C)(C)OC(=O)N1CC(C=N)C(C)(N)C1. The Morgan fingerprint density at radius 1 is 1.62 bits per heavy atom. The van der Waals surface area contributed by atoms with E-state index >= 15 is 0 Å². The number of amides is 1. The molecule has 5 nitrogen and oxygen atoms in total. The molecule has 1 heterocycles. The van der Waals surface area contributed by atoms with E-state index in [0.29, 0.717) is 13.1 Å². The number of nitrogens with two attached hydrogens (primary N) is 1. The Morgan fingerprint density at radius 2 is 2.19 bits per heavy atom. The summed E-state index contributed by atoms with van der Waals surface area (Å²) in [6, 6.07) is 0. The molecule has 0 aromatic rings. The number of hydrogen-bond donors (Lipinski definition) is 2. The van der Waals surface area contributed by atoms with Crippen molar-refractivity contribution in [2.75, 3.05) is 13.1 Å². The number of likely N-dealkylation sites (tertiary alicyclic amines) is 1. The van der Waals surface area contributed by atoms with Crippen LogP contribution in [0.5, 0.6) is 0 Å². The second kappa shape index (κ2) is 4.05. The van der Waals surface area contributed by atoms with E-state index in [1.807, 2.05) is 27.7 Å². The third-order valence-electron chi connectivity index (χ3n) is 2.65. The second-order valence-corrected chi connectivity index (χ2v) is 5.64. The highest BCUT2D eigenvalue weighted by Gasteiger charge is 2.42. The fourth-order valence-corrected chi connectivity index (χ4v) is 1.75. The number of carbonyl (C=O) groups is 1. The van der Waals surface area contributed by atoms with Gasteiger partial charge in [-0.1, -0.05) is 0 Å². The number of hydrogen-bond acceptors (Lipinski definition) is 4. The first kappa shape index (κ1) is 13.0. The van der Waals surface area contributed by atoms with Gasteiger partial charge in [0.05, 0.1) is 0 Å². The monoisotopic (exact) mass is 227 g/mol. The minimum absolute atomic E-state index is 0.0972. The van der Waals surface area contributed by atoms with E-state index in [9.17, 15) is 4.79 Å². The Hall–Kier alpha value is -1.10. The minimum Gasteiger partial charge on any atom is -0.444 e. The van der Waals surface area contributed by atoms with E-state index in [1.54, 1.807) is 4.90 Å². The van der Waals surface area contributed by atoms with E-state index in [2.05, 4.69) is 0 Å². The van der Waals surface area contributed by atoms with Crippen LogP contribution in [0.4, 0.5) is 4.79 Å². The Balaban J connectivity index is 2.65. The van der Waals surface area contributed by atoms with Gasteiger partial charge >= 0.3 is 6.09 Å². The second-order valence-electron chi connectivity index (χ2n) is 5.64. The highest BCUT2D eigenvalue weighted by atomic mass is 16.6. The molecule has 0 aromatic carbocycles. The summed E-state index contributed by atoms with van der Waals surface area (Å²) < 4.78 is 5.26. The van der Waals surface area contributed by atoms with Crippen molar-refractivity contribution in [2.45, 2.75) is 38.8 Å². The molecule has 0 radical (unpaired) electrons. The smallest absolute Gasteiger partial charge is 0.410 e. The van der Waals surface area contributed by atoms with Crippen molar-refractivity contribution in [1.82, 2.24) is 4.90 Å². The van der Waals surface area contributed by atoms with Crippen molar-refractivity contribution in [1.29, 1.82) is 5.41 Å². The van der Waals surface area contributed by atoms with Gasteiger partial charge < -0.3 is 20.8 Å². The average Bonchev–Trinajstić information content (AvgIpc) is 2.37. The molecule has 1 rings (SSSR count). The molecule has 1 fully saturated rings. The minimum atomic E-state index is -0.529. The maximum absolute atomic E-state index is 11.8. The number of rotatable bonds is 1. The van der Waals surface area contributed by atoms with Gasteiger partial charge in [-0.3, -0.25) is 0 Å². The standard InChI is InChI=1S/C11H21N3O2/c1-10(2,3)16-9(15)14-6-8(5-12)11(4,13)7-14/h5,8,12H,6-7,13H2,1-4H3. The first-order chi connectivity index (χ1) is 7.15. The van der Waals surface area contributed by atoms with Crippen LogP contribution in [0.25, 0.3) is 0 Å². The van der Waals surface area contributed by atoms with Crippen molar-refractivity contribution in [3.8, 4) is 0 Å². The molecule has 0 bridgehead atoms. The average molecular weight is 227 g/mol. The van der Waals surface area contributed by atoms with Crippen LogP contribution in [0.15, 0.2) is 0 Å². The van der Waals surface area contributed by atoms with E-state index < -0.39 is 11.1 Å². The molecule has 2 unspecified atom stereocenters. The van der Waals surface area contributed by atoms with Crippen molar-refractivity contribution in [3.05, 3.63) is 0 Å². The molecule has 0 saturated carbocycles. The summed E-state index contributed by atoms with van der Waals surface area (Å²) >= 11 is 0. The number of ether oxygens (including phenoxy) is 1. The number of carbonyl (C=O) groups excluding carboxylic acids is 1. The maximum Gasteiger partial charge on any atom is 0.410 e. The van der Waals surface area contributed by atoms with Crippen LogP contribution in [-0.2, 0) is 4.74 Å². The lowest BCUT2D eigenvalue weighted by Gasteiger charge is -2.25. The normalized spacial score (nSPS) is 30.3. The summed E-state index contributed by atoms with van der Waals surface area (Å²) in [6.45, 7) is 8.24. The lowest BCUT2D eigenvalue weighted by molar-refractivity contribution is 0.0284. The molecule has 0 aromatic heterocycles. The number of nitrogens with one attached hydrogen (secondary N) is 1. The highest BCUT2D eigenvalue weighted by molar-refractivity contribution is 5.71. The first-order valence-corrected chi connectivity index (χ1v) is 5.43. The molecular weight excluding hydrogens is 206 g/mol. The summed E-state index contributed by atoms with van der Waals surface area (Å²) in [5.74, 6) is -0.0972. The predicted octanol–water partition coefficient (Wildman–Crippen LogP) is 1.22. The molecule has 0 aliphatic carbocycles. The third kappa shape index (κ3) is 2.95. The molecule has 5 heteroatoms. The van der Waals surface area contributed by atoms with Crippen molar-refractivity contribution < 1.29 is 9.53 Å². The van der Waals surface area contributed by atoms with Gasteiger partial charge in [0.2, 0.25) is 0 Å². The largest absolute Gasteiger partial charge is 0.444 e. The molecule has 1 aliphatic heterocycles. The van der Waals surface area contributed by atoms with Gasteiger partial charge in [0.25, 0.3) is 0 Å². The molecular formula is C11H21N3O2. The lowest BCUT2D eigenvalue weighted by atomic mass is 9.92. The van der Waals surface area contributed by atoms with Crippen LogP contribution in [0.3, 0.4) is 0 Å². The molecule has 16 heavy (non-hydrogen) atoms. The van der Waals surface area contributed by atoms with E-state index in [0.717, 1.165) is 0 Å². The van der Waals surface area contributed by atoms with E-state index in [4.69, 9.17) is 15.9 Å². The molecule has 1 saturated heterocycles. The van der Waals surface area contributed by atoms with E-state index in [1.165, 1.54) is 6.21 Å². The van der Waals surface area contributed by atoms with E-state index in [-0.39, 0.29) is 12.0 Å². The van der Waals surface area contributed by atoms with Gasteiger partial charge in [0, 0.05) is 30.8 Å². The highest BCUT2D eigenvalue weighted by Crippen LogP contribution is 2.25. The fourth-order valence-electron chi connectivity index (χ4n) is 1.75. The zero-order valence-corrected chi connectivity index (χ0v) is 10.4. The Kier molecular flexibility index (Phi) is 3.28. The molecule has 0 spiro atoms. The van der Waals surface area contributed by atoms with Crippen LogP contribution < -0.4 is 5.73 Å². The van der Waals surface area contributed by atoms with Crippen LogP contribution >= 0.6 is 0 Å². The quantitative estimate of drug-likeness (QED) is 0.661. The van der Waals surface area contributed by atoms with Crippen LogP contribution in [0, 0.1) is 11.3 Å². The topological polar surface area (TPSA) is 79.4 Å². The summed E-state index contributed by atoms with van der Waals surface area (Å²) in [6.07, 6.45) is 0.957. The molecule has 1 aliphatic rings. The van der Waals surface area contributed by atoms with Crippen molar-refractivity contribution in [3.63, 3.8) is 0 Å². The van der Waals surface area contributed by atoms with Gasteiger partial charge in [-0.2, -0.15) is 0 Å². The Bertz CT molecular complexity index is 294. The summed E-state index contributed by atoms with van der Waals surface area (Å²) in [7, 11) is 0. The van der Waals surface area contributed by atoms with Gasteiger partial charge in [-0.15, -0.1) is 0 Å². The van der Waals surface area contributed by atoms with Gasteiger partial charge in [0.15, 0.2) is 0 Å². The first-order valence-electron chi connectivity index (χ1n) is 5.43. The lowest BCUT2D eigenvalue weighted by Crippen LogP contribution is -2.45. The number of nitrogens with zero attached hydrogens (tertiary/aromatic N) is 1.